The van der Waals surface area contributed by atoms with Crippen molar-refractivity contribution < 1.29 is 4.79 Å². The van der Waals surface area contributed by atoms with Crippen molar-refractivity contribution in [3.05, 3.63) is 29.0 Å². The third kappa shape index (κ3) is 3.25. The Bertz CT molecular complexity index is 382. The van der Waals surface area contributed by atoms with Crippen LogP contribution in [0.2, 0.25) is 5.15 Å². The maximum atomic E-state index is 10.9. The van der Waals surface area contributed by atoms with Gasteiger partial charge in [0.2, 0.25) is 0 Å². The van der Waals surface area contributed by atoms with E-state index in [-0.39, 0.29) is 6.04 Å². The minimum atomic E-state index is 0.00371. The molecule has 0 N–H and O–H groups in total. The molecular weight excluding hydrogens is 238 g/mol. The highest BCUT2D eigenvalue weighted by Crippen LogP contribution is 2.12. The number of pyridine rings is 1. The van der Waals surface area contributed by atoms with E-state index < -0.39 is 0 Å². The third-order valence-electron chi connectivity index (χ3n) is 3.13. The highest BCUT2D eigenvalue weighted by Gasteiger charge is 2.23. The Labute approximate surface area is 106 Å². The number of carbonyl (C=O) groups is 1. The summed E-state index contributed by atoms with van der Waals surface area (Å²) in [5.41, 5.74) is 1.13. The highest BCUT2D eigenvalue weighted by molar-refractivity contribution is 6.29. The number of hydrogen-bond acceptors (Lipinski definition) is 4. The van der Waals surface area contributed by atoms with Crippen LogP contribution >= 0.6 is 11.6 Å². The van der Waals surface area contributed by atoms with Crippen LogP contribution in [0.25, 0.3) is 0 Å². The molecule has 0 radical (unpaired) electrons. The molecule has 1 aliphatic rings. The molecule has 2 heterocycles. The second-order valence-corrected chi connectivity index (χ2v) is 4.80. The number of halogens is 1. The first-order valence-electron chi connectivity index (χ1n) is 5.67. The molecule has 1 fully saturated rings. The van der Waals surface area contributed by atoms with Gasteiger partial charge in [0.1, 0.15) is 11.4 Å². The van der Waals surface area contributed by atoms with E-state index in [2.05, 4.69) is 14.8 Å². The second kappa shape index (κ2) is 5.58. The fraction of sp³-hybridized carbons (Fsp3) is 0.500. The minimum Gasteiger partial charge on any atom is -0.302 e. The topological polar surface area (TPSA) is 36.4 Å². The van der Waals surface area contributed by atoms with Gasteiger partial charge in [-0.25, -0.2) is 4.98 Å². The second-order valence-electron chi connectivity index (χ2n) is 4.41. The summed E-state index contributed by atoms with van der Waals surface area (Å²) < 4.78 is 0. The highest BCUT2D eigenvalue weighted by atomic mass is 35.5. The summed E-state index contributed by atoms with van der Waals surface area (Å²) in [5.74, 6) is 0. The summed E-state index contributed by atoms with van der Waals surface area (Å²) in [4.78, 5) is 19.3. The van der Waals surface area contributed by atoms with Crippen LogP contribution in [0.4, 0.5) is 0 Å². The quantitative estimate of drug-likeness (QED) is 0.596. The van der Waals surface area contributed by atoms with Gasteiger partial charge in [0.15, 0.2) is 0 Å². The zero-order valence-electron chi connectivity index (χ0n) is 9.84. The van der Waals surface area contributed by atoms with Crippen LogP contribution in [0.5, 0.6) is 0 Å². The molecule has 1 saturated heterocycles. The Hall–Kier alpha value is -0.970. The number of rotatable bonds is 3. The van der Waals surface area contributed by atoms with E-state index >= 15 is 0 Å². The van der Waals surface area contributed by atoms with Crippen molar-refractivity contribution in [3.63, 3.8) is 0 Å². The third-order valence-corrected chi connectivity index (χ3v) is 3.36. The first-order valence-corrected chi connectivity index (χ1v) is 6.05. The van der Waals surface area contributed by atoms with Crippen molar-refractivity contribution in [1.82, 2.24) is 14.8 Å². The van der Waals surface area contributed by atoms with Crippen LogP contribution < -0.4 is 0 Å². The Morgan fingerprint density at radius 3 is 3.00 bits per heavy atom. The van der Waals surface area contributed by atoms with E-state index in [1.54, 1.807) is 12.3 Å². The molecule has 0 aromatic carbocycles. The van der Waals surface area contributed by atoms with E-state index in [1.807, 2.05) is 13.1 Å². The zero-order valence-corrected chi connectivity index (χ0v) is 10.6. The normalized spacial score (nSPS) is 22.6. The molecule has 1 aromatic heterocycles. The van der Waals surface area contributed by atoms with Gasteiger partial charge in [0.25, 0.3) is 0 Å². The summed E-state index contributed by atoms with van der Waals surface area (Å²) in [6, 6.07) is 3.78. The van der Waals surface area contributed by atoms with E-state index in [1.165, 1.54) is 0 Å². The number of hydrogen-bond donors (Lipinski definition) is 0. The molecular formula is C12H16ClN3O. The molecule has 4 nitrogen and oxygen atoms in total. The van der Waals surface area contributed by atoms with Crippen LogP contribution in [-0.4, -0.2) is 53.8 Å². The van der Waals surface area contributed by atoms with Crippen LogP contribution in [0.15, 0.2) is 18.3 Å². The summed E-state index contributed by atoms with van der Waals surface area (Å²) in [5, 5.41) is 0.512. The Balaban J connectivity index is 1.95. The largest absolute Gasteiger partial charge is 0.302 e. The van der Waals surface area contributed by atoms with Crippen LogP contribution in [-0.2, 0) is 11.3 Å². The van der Waals surface area contributed by atoms with Crippen LogP contribution in [0.3, 0.4) is 0 Å². The maximum absolute atomic E-state index is 10.9. The van der Waals surface area contributed by atoms with Gasteiger partial charge in [-0.2, -0.15) is 0 Å². The minimum absolute atomic E-state index is 0.00371. The Morgan fingerprint density at radius 2 is 2.35 bits per heavy atom. The maximum Gasteiger partial charge on any atom is 0.138 e. The zero-order chi connectivity index (χ0) is 12.3. The lowest BCUT2D eigenvalue weighted by atomic mass is 10.1. The van der Waals surface area contributed by atoms with Crippen molar-refractivity contribution in [3.8, 4) is 0 Å². The molecule has 1 aromatic rings. The van der Waals surface area contributed by atoms with Gasteiger partial charge in [-0.15, -0.1) is 0 Å². The van der Waals surface area contributed by atoms with Crippen LogP contribution in [0.1, 0.15) is 5.56 Å². The standard InChI is InChI=1S/C12H16ClN3O/c1-15-4-5-16(8-11(15)9-17)7-10-2-3-12(13)14-6-10/h2-3,6,9,11H,4-5,7-8H2,1H3. The molecule has 0 saturated carbocycles. The first-order chi connectivity index (χ1) is 8.19. The first kappa shape index (κ1) is 12.5. The molecule has 0 aliphatic carbocycles. The Kier molecular flexibility index (Phi) is 4.10. The van der Waals surface area contributed by atoms with Crippen molar-refractivity contribution in [1.29, 1.82) is 0 Å². The van der Waals surface area contributed by atoms with Gasteiger partial charge < -0.3 is 4.79 Å². The van der Waals surface area contributed by atoms with Crippen molar-refractivity contribution in [2.75, 3.05) is 26.7 Å². The lowest BCUT2D eigenvalue weighted by Gasteiger charge is -2.36. The smallest absolute Gasteiger partial charge is 0.138 e. The molecule has 0 amide bonds. The van der Waals surface area contributed by atoms with E-state index in [0.717, 1.165) is 38.0 Å². The summed E-state index contributed by atoms with van der Waals surface area (Å²) in [6.07, 6.45) is 2.81. The van der Waals surface area contributed by atoms with Crippen molar-refractivity contribution in [2.45, 2.75) is 12.6 Å². The number of aldehydes is 1. The van der Waals surface area contributed by atoms with Crippen LogP contribution in [0, 0.1) is 0 Å². The van der Waals surface area contributed by atoms with Gasteiger partial charge in [-0.3, -0.25) is 9.80 Å². The fourth-order valence-corrected chi connectivity index (χ4v) is 2.12. The van der Waals surface area contributed by atoms with Gasteiger partial charge in [-0.05, 0) is 18.7 Å². The predicted octanol–water partition coefficient (Wildman–Crippen LogP) is 1.05. The molecule has 1 atom stereocenters. The average Bonchev–Trinajstić information content (AvgIpc) is 2.34. The van der Waals surface area contributed by atoms with Crippen molar-refractivity contribution >= 4 is 17.9 Å². The molecule has 1 aliphatic heterocycles. The number of likely N-dealkylation sites (N-methyl/N-ethyl adjacent to an activating group) is 1. The summed E-state index contributed by atoms with van der Waals surface area (Å²) in [6.45, 7) is 3.50. The van der Waals surface area contributed by atoms with Gasteiger partial charge >= 0.3 is 0 Å². The van der Waals surface area contributed by atoms with E-state index in [4.69, 9.17) is 11.6 Å². The fourth-order valence-electron chi connectivity index (χ4n) is 2.01. The van der Waals surface area contributed by atoms with E-state index in [9.17, 15) is 4.79 Å². The monoisotopic (exact) mass is 253 g/mol. The number of piperazine rings is 1. The molecule has 5 heteroatoms. The lowest BCUT2D eigenvalue weighted by Crippen LogP contribution is -2.51. The van der Waals surface area contributed by atoms with Gasteiger partial charge in [0.05, 0.1) is 6.04 Å². The van der Waals surface area contributed by atoms with Gasteiger partial charge in [-0.1, -0.05) is 17.7 Å². The number of carbonyl (C=O) groups excluding carboxylic acids is 1. The molecule has 0 bridgehead atoms. The SMILES string of the molecule is CN1CCN(Cc2ccc(Cl)nc2)CC1C=O. The molecule has 1 unspecified atom stereocenters. The molecule has 92 valence electrons. The lowest BCUT2D eigenvalue weighted by molar-refractivity contribution is -0.114. The molecule has 17 heavy (non-hydrogen) atoms. The Morgan fingerprint density at radius 1 is 1.53 bits per heavy atom. The number of nitrogens with zero attached hydrogens (tertiary/aromatic N) is 3. The average molecular weight is 254 g/mol. The van der Waals surface area contributed by atoms with E-state index in [0.29, 0.717) is 5.15 Å². The van der Waals surface area contributed by atoms with Gasteiger partial charge in [0, 0.05) is 32.4 Å². The summed E-state index contributed by atoms with van der Waals surface area (Å²) in [7, 11) is 1.99. The summed E-state index contributed by atoms with van der Waals surface area (Å²) >= 11 is 5.74. The number of aromatic nitrogens is 1. The predicted molar refractivity (Wildman–Crippen MR) is 67.0 cm³/mol. The molecule has 0 spiro atoms. The van der Waals surface area contributed by atoms with Crippen molar-refractivity contribution in [2.24, 2.45) is 0 Å². The molecule has 2 rings (SSSR count).